The molecule has 5 rings (SSSR count). The molecule has 4 heterocycles. The van der Waals surface area contributed by atoms with Crippen molar-refractivity contribution in [1.82, 2.24) is 24.8 Å². The quantitative estimate of drug-likeness (QED) is 0.383. The number of nitrogens with one attached hydrogen (secondary N) is 1. The Labute approximate surface area is 206 Å². The zero-order valence-corrected chi connectivity index (χ0v) is 20.8. The average molecular weight is 468 g/mol. The minimum atomic E-state index is -0.0388. The maximum atomic E-state index is 5.87. The van der Waals surface area contributed by atoms with Crippen molar-refractivity contribution in [2.75, 3.05) is 0 Å². The molecule has 0 saturated carbocycles. The number of aromatic nitrogens is 3. The van der Waals surface area contributed by atoms with Crippen LogP contribution in [0.25, 0.3) is 5.69 Å². The van der Waals surface area contributed by atoms with E-state index in [1.54, 1.807) is 0 Å². The molecular weight excluding hydrogens is 438 g/mol. The third kappa shape index (κ3) is 3.99. The summed E-state index contributed by atoms with van der Waals surface area (Å²) in [6.45, 7) is 9.42. The van der Waals surface area contributed by atoms with Crippen molar-refractivity contribution in [3.8, 4) is 5.69 Å². The summed E-state index contributed by atoms with van der Waals surface area (Å²) < 4.78 is 2.37. The first-order chi connectivity index (χ1) is 16.4. The van der Waals surface area contributed by atoms with Gasteiger partial charge in [0.2, 0.25) is 0 Å². The molecular formula is C28H29N5S. The van der Waals surface area contributed by atoms with Crippen molar-refractivity contribution in [2.45, 2.75) is 46.3 Å². The first-order valence-electron chi connectivity index (χ1n) is 11.6. The topological polar surface area (TPSA) is 46.0 Å². The predicted molar refractivity (Wildman–Crippen MR) is 140 cm³/mol. The van der Waals surface area contributed by atoms with Crippen LogP contribution in [-0.2, 0) is 6.54 Å². The molecule has 172 valence electrons. The van der Waals surface area contributed by atoms with E-state index in [4.69, 9.17) is 12.2 Å². The molecule has 5 nitrogen and oxygen atoms in total. The summed E-state index contributed by atoms with van der Waals surface area (Å²) >= 11 is 5.87. The van der Waals surface area contributed by atoms with E-state index < -0.39 is 0 Å². The van der Waals surface area contributed by atoms with Crippen LogP contribution in [0.4, 0.5) is 0 Å². The molecule has 34 heavy (non-hydrogen) atoms. The van der Waals surface area contributed by atoms with Crippen LogP contribution < -0.4 is 5.32 Å². The van der Waals surface area contributed by atoms with E-state index in [0.717, 1.165) is 10.8 Å². The fraction of sp³-hybridized carbons (Fsp3) is 0.250. The van der Waals surface area contributed by atoms with Gasteiger partial charge in [0.1, 0.15) is 0 Å². The number of rotatable bonds is 5. The number of nitrogens with zero attached hydrogens (tertiary/aromatic N) is 4. The monoisotopic (exact) mass is 467 g/mol. The van der Waals surface area contributed by atoms with Gasteiger partial charge in [-0.15, -0.1) is 0 Å². The first kappa shape index (κ1) is 22.3. The highest BCUT2D eigenvalue weighted by Crippen LogP contribution is 2.42. The molecule has 4 aromatic rings. The standard InChI is InChI=1S/C28H29N5S/c1-18-8-9-19(2)25(15-18)33-20(3)16-23(21(33)4)27-26(24-7-5-6-12-30-24)31-28(34)32(27)17-22-10-13-29-14-11-22/h5-16,26-27H,17H2,1-4H3,(H,31,34). The van der Waals surface area contributed by atoms with Crippen LogP contribution in [0.3, 0.4) is 0 Å². The molecule has 0 aliphatic carbocycles. The molecule has 2 atom stereocenters. The fourth-order valence-electron chi connectivity index (χ4n) is 5.02. The van der Waals surface area contributed by atoms with Crippen molar-refractivity contribution < 1.29 is 0 Å². The first-order valence-corrected chi connectivity index (χ1v) is 12.0. The van der Waals surface area contributed by atoms with Gasteiger partial charge in [-0.2, -0.15) is 0 Å². The summed E-state index contributed by atoms with van der Waals surface area (Å²) in [7, 11) is 0. The van der Waals surface area contributed by atoms with Crippen molar-refractivity contribution >= 4 is 17.3 Å². The molecule has 1 aromatic carbocycles. The summed E-state index contributed by atoms with van der Waals surface area (Å²) in [5.41, 5.74) is 9.60. The lowest BCUT2D eigenvalue weighted by atomic mass is 9.96. The molecule has 0 radical (unpaired) electrons. The summed E-state index contributed by atoms with van der Waals surface area (Å²) in [6, 6.07) is 19.1. The van der Waals surface area contributed by atoms with Crippen molar-refractivity contribution in [1.29, 1.82) is 0 Å². The molecule has 1 saturated heterocycles. The molecule has 2 unspecified atom stereocenters. The molecule has 0 amide bonds. The Morgan fingerprint density at radius 1 is 0.941 bits per heavy atom. The average Bonchev–Trinajstić information content (AvgIpc) is 3.31. The number of benzene rings is 1. The van der Waals surface area contributed by atoms with E-state index in [9.17, 15) is 0 Å². The van der Waals surface area contributed by atoms with Crippen molar-refractivity contribution in [2.24, 2.45) is 0 Å². The van der Waals surface area contributed by atoms with E-state index >= 15 is 0 Å². The number of thiocarbonyl (C=S) groups is 1. The summed E-state index contributed by atoms with van der Waals surface area (Å²) in [4.78, 5) is 11.2. The highest BCUT2D eigenvalue weighted by molar-refractivity contribution is 7.80. The Balaban J connectivity index is 1.64. The highest BCUT2D eigenvalue weighted by Gasteiger charge is 2.41. The normalized spacial score (nSPS) is 17.8. The molecule has 0 bridgehead atoms. The third-order valence-electron chi connectivity index (χ3n) is 6.69. The highest BCUT2D eigenvalue weighted by atomic mass is 32.1. The van der Waals surface area contributed by atoms with Crippen molar-refractivity contribution in [3.05, 3.63) is 113 Å². The van der Waals surface area contributed by atoms with Gasteiger partial charge < -0.3 is 14.8 Å². The lowest BCUT2D eigenvalue weighted by Gasteiger charge is -2.28. The molecule has 1 aliphatic heterocycles. The summed E-state index contributed by atoms with van der Waals surface area (Å²) in [5.74, 6) is 0. The van der Waals surface area contributed by atoms with E-state index in [1.165, 1.54) is 39.3 Å². The Kier molecular flexibility index (Phi) is 5.92. The van der Waals surface area contributed by atoms with E-state index in [1.807, 2.05) is 42.9 Å². The van der Waals surface area contributed by atoms with Crippen LogP contribution in [0.2, 0.25) is 0 Å². The van der Waals surface area contributed by atoms with Gasteiger partial charge in [0.05, 0.1) is 17.8 Å². The van der Waals surface area contributed by atoms with Gasteiger partial charge >= 0.3 is 0 Å². The maximum absolute atomic E-state index is 5.87. The lowest BCUT2D eigenvalue weighted by molar-refractivity contribution is 0.310. The molecule has 6 heteroatoms. The molecule has 3 aromatic heterocycles. The minimum absolute atomic E-state index is 0.0145. The summed E-state index contributed by atoms with van der Waals surface area (Å²) in [6.07, 6.45) is 5.51. The second-order valence-corrected chi connectivity index (χ2v) is 9.45. The van der Waals surface area contributed by atoms with Crippen LogP contribution >= 0.6 is 12.2 Å². The second kappa shape index (κ2) is 9.03. The second-order valence-electron chi connectivity index (χ2n) is 9.06. The van der Waals surface area contributed by atoms with Gasteiger partial charge in [0, 0.05) is 42.2 Å². The van der Waals surface area contributed by atoms with Crippen molar-refractivity contribution in [3.63, 3.8) is 0 Å². The van der Waals surface area contributed by atoms with Gasteiger partial charge in [-0.3, -0.25) is 9.97 Å². The Bertz CT molecular complexity index is 1330. The van der Waals surface area contributed by atoms with Gasteiger partial charge in [-0.05, 0) is 98.6 Å². The number of aryl methyl sites for hydroxylation is 3. The smallest absolute Gasteiger partial charge is 0.170 e. The van der Waals surface area contributed by atoms with E-state index in [2.05, 4.69) is 82.8 Å². The van der Waals surface area contributed by atoms with E-state index in [0.29, 0.717) is 6.54 Å². The van der Waals surface area contributed by atoms with Crippen LogP contribution in [0.15, 0.2) is 73.2 Å². The predicted octanol–water partition coefficient (Wildman–Crippen LogP) is 5.67. The third-order valence-corrected chi connectivity index (χ3v) is 7.05. The van der Waals surface area contributed by atoms with Gasteiger partial charge in [0.25, 0.3) is 0 Å². The van der Waals surface area contributed by atoms with Crippen LogP contribution in [-0.4, -0.2) is 24.5 Å². The fourth-order valence-corrected chi connectivity index (χ4v) is 5.32. The Hall–Kier alpha value is -3.51. The minimum Gasteiger partial charge on any atom is -0.352 e. The molecule has 1 aliphatic rings. The van der Waals surface area contributed by atoms with Gasteiger partial charge in [0.15, 0.2) is 5.11 Å². The number of hydrogen-bond donors (Lipinski definition) is 1. The van der Waals surface area contributed by atoms with Gasteiger partial charge in [-0.1, -0.05) is 18.2 Å². The largest absolute Gasteiger partial charge is 0.352 e. The molecule has 1 fully saturated rings. The van der Waals surface area contributed by atoms with Crippen LogP contribution in [0.5, 0.6) is 0 Å². The maximum Gasteiger partial charge on any atom is 0.170 e. The molecule has 0 spiro atoms. The Morgan fingerprint density at radius 3 is 2.47 bits per heavy atom. The molecule has 1 N–H and O–H groups in total. The zero-order chi connectivity index (χ0) is 23.8. The lowest BCUT2D eigenvalue weighted by Crippen LogP contribution is -2.29. The number of pyridine rings is 2. The SMILES string of the molecule is Cc1ccc(C)c(-n2c(C)cc(C3C(c4ccccn4)NC(=S)N3Cc3ccncc3)c2C)c1. The zero-order valence-electron chi connectivity index (χ0n) is 20.0. The van der Waals surface area contributed by atoms with Crippen LogP contribution in [0.1, 0.15) is 51.4 Å². The summed E-state index contributed by atoms with van der Waals surface area (Å²) in [5, 5.41) is 4.32. The Morgan fingerprint density at radius 2 is 1.74 bits per heavy atom. The van der Waals surface area contributed by atoms with E-state index in [-0.39, 0.29) is 12.1 Å². The number of hydrogen-bond acceptors (Lipinski definition) is 3. The van der Waals surface area contributed by atoms with Gasteiger partial charge in [-0.25, -0.2) is 0 Å². The van der Waals surface area contributed by atoms with Crippen LogP contribution in [0, 0.1) is 27.7 Å².